The van der Waals surface area contributed by atoms with E-state index in [0.29, 0.717) is 5.69 Å². The quantitative estimate of drug-likeness (QED) is 0.593. The molecule has 0 bridgehead atoms. The second-order valence-corrected chi connectivity index (χ2v) is 3.97. The number of urea groups is 1. The molecule has 100 valence electrons. The standard InChI is InChI=1S/C10H16N4O4/c1-6(2)14-4-7(3-11-14)12-10(18)13-8(5-15)9(16)17/h3-4,6,8,15H,5H2,1-2H3,(H,16,17)(H2,12,13,18)/t8-/m1/s1. The van der Waals surface area contributed by atoms with Crippen molar-refractivity contribution in [3.63, 3.8) is 0 Å². The number of nitrogens with zero attached hydrogens (tertiary/aromatic N) is 2. The molecule has 0 radical (unpaired) electrons. The van der Waals surface area contributed by atoms with E-state index in [1.54, 1.807) is 10.9 Å². The maximum absolute atomic E-state index is 11.4. The number of aliphatic carboxylic acids is 1. The molecule has 8 nitrogen and oxygen atoms in total. The van der Waals surface area contributed by atoms with Crippen molar-refractivity contribution in [2.45, 2.75) is 25.9 Å². The number of aromatic nitrogens is 2. The number of aliphatic hydroxyl groups excluding tert-OH is 1. The Hall–Kier alpha value is -2.09. The summed E-state index contributed by atoms with van der Waals surface area (Å²) in [5, 5.41) is 26.0. The van der Waals surface area contributed by atoms with Gasteiger partial charge in [0.15, 0.2) is 6.04 Å². The number of nitrogens with one attached hydrogen (secondary N) is 2. The van der Waals surface area contributed by atoms with E-state index in [1.165, 1.54) is 6.20 Å². The lowest BCUT2D eigenvalue weighted by molar-refractivity contribution is -0.140. The zero-order chi connectivity index (χ0) is 13.7. The largest absolute Gasteiger partial charge is 0.480 e. The molecule has 1 aromatic rings. The molecule has 0 aliphatic heterocycles. The number of carboxylic acids is 1. The first-order chi connectivity index (χ1) is 8.43. The molecule has 2 amide bonds. The van der Waals surface area contributed by atoms with Crippen LogP contribution >= 0.6 is 0 Å². The Morgan fingerprint density at radius 2 is 2.17 bits per heavy atom. The Morgan fingerprint density at radius 1 is 1.50 bits per heavy atom. The number of carbonyl (C=O) groups excluding carboxylic acids is 1. The maximum atomic E-state index is 11.4. The fourth-order valence-corrected chi connectivity index (χ4v) is 1.20. The first kappa shape index (κ1) is 14.0. The second kappa shape index (κ2) is 6.01. The highest BCUT2D eigenvalue weighted by atomic mass is 16.4. The van der Waals surface area contributed by atoms with Gasteiger partial charge >= 0.3 is 12.0 Å². The van der Waals surface area contributed by atoms with Crippen LogP contribution in [-0.2, 0) is 4.79 Å². The molecule has 0 aliphatic rings. The highest BCUT2D eigenvalue weighted by Crippen LogP contribution is 2.09. The van der Waals surface area contributed by atoms with Gasteiger partial charge < -0.3 is 20.8 Å². The molecule has 1 atom stereocenters. The van der Waals surface area contributed by atoms with Crippen LogP contribution in [-0.4, -0.2) is 44.6 Å². The van der Waals surface area contributed by atoms with Gasteiger partial charge in [0, 0.05) is 12.2 Å². The van der Waals surface area contributed by atoms with Gasteiger partial charge in [0.25, 0.3) is 0 Å². The molecule has 1 rings (SSSR count). The summed E-state index contributed by atoms with van der Waals surface area (Å²) < 4.78 is 1.65. The number of rotatable bonds is 5. The summed E-state index contributed by atoms with van der Waals surface area (Å²) in [4.78, 5) is 22.0. The molecule has 0 unspecified atom stereocenters. The second-order valence-electron chi connectivity index (χ2n) is 3.97. The molecule has 4 N–H and O–H groups in total. The molecule has 0 aromatic carbocycles. The van der Waals surface area contributed by atoms with Gasteiger partial charge in [-0.1, -0.05) is 0 Å². The van der Waals surface area contributed by atoms with Crippen LogP contribution < -0.4 is 10.6 Å². The van der Waals surface area contributed by atoms with Crippen LogP contribution in [0.1, 0.15) is 19.9 Å². The number of aliphatic hydroxyl groups is 1. The van der Waals surface area contributed by atoms with E-state index in [-0.39, 0.29) is 6.04 Å². The van der Waals surface area contributed by atoms with Crippen molar-refractivity contribution in [2.75, 3.05) is 11.9 Å². The zero-order valence-electron chi connectivity index (χ0n) is 10.1. The van der Waals surface area contributed by atoms with Gasteiger partial charge in [0.05, 0.1) is 18.5 Å². The molecule has 18 heavy (non-hydrogen) atoms. The Bertz CT molecular complexity index is 429. The number of hydrogen-bond donors (Lipinski definition) is 4. The van der Waals surface area contributed by atoms with Gasteiger partial charge in [-0.3, -0.25) is 4.68 Å². The number of amides is 2. The molecule has 0 saturated heterocycles. The summed E-state index contributed by atoms with van der Waals surface area (Å²) >= 11 is 0. The zero-order valence-corrected chi connectivity index (χ0v) is 10.1. The number of anilines is 1. The average molecular weight is 256 g/mol. The summed E-state index contributed by atoms with van der Waals surface area (Å²) in [6, 6.07) is -1.88. The van der Waals surface area contributed by atoms with Crippen LogP contribution in [0, 0.1) is 0 Å². The van der Waals surface area contributed by atoms with Gasteiger partial charge in [-0.15, -0.1) is 0 Å². The van der Waals surface area contributed by atoms with E-state index >= 15 is 0 Å². The van der Waals surface area contributed by atoms with Crippen molar-refractivity contribution in [3.8, 4) is 0 Å². The van der Waals surface area contributed by atoms with Crippen LogP contribution in [0.4, 0.5) is 10.5 Å². The first-order valence-corrected chi connectivity index (χ1v) is 5.39. The Morgan fingerprint density at radius 3 is 2.61 bits per heavy atom. The van der Waals surface area contributed by atoms with E-state index in [4.69, 9.17) is 10.2 Å². The lowest BCUT2D eigenvalue weighted by atomic mass is 10.3. The van der Waals surface area contributed by atoms with Crippen LogP contribution in [0.15, 0.2) is 12.4 Å². The highest BCUT2D eigenvalue weighted by molar-refractivity contribution is 5.92. The molecule has 0 saturated carbocycles. The molecule has 1 heterocycles. The Labute approximate surface area is 104 Å². The van der Waals surface area contributed by atoms with Crippen molar-refractivity contribution in [1.82, 2.24) is 15.1 Å². The van der Waals surface area contributed by atoms with Gasteiger partial charge in [-0.2, -0.15) is 5.10 Å². The van der Waals surface area contributed by atoms with E-state index in [1.807, 2.05) is 13.8 Å². The van der Waals surface area contributed by atoms with E-state index in [2.05, 4.69) is 15.7 Å². The van der Waals surface area contributed by atoms with Crippen molar-refractivity contribution in [2.24, 2.45) is 0 Å². The average Bonchev–Trinajstić information content (AvgIpc) is 2.74. The van der Waals surface area contributed by atoms with Crippen molar-refractivity contribution in [3.05, 3.63) is 12.4 Å². The van der Waals surface area contributed by atoms with E-state index < -0.39 is 24.6 Å². The molecular weight excluding hydrogens is 240 g/mol. The van der Waals surface area contributed by atoms with E-state index in [9.17, 15) is 9.59 Å². The van der Waals surface area contributed by atoms with Crippen molar-refractivity contribution >= 4 is 17.7 Å². The number of hydrogen-bond acceptors (Lipinski definition) is 4. The monoisotopic (exact) mass is 256 g/mol. The Kier molecular flexibility index (Phi) is 4.67. The molecule has 8 heteroatoms. The van der Waals surface area contributed by atoms with Crippen molar-refractivity contribution in [1.29, 1.82) is 0 Å². The predicted octanol–water partition coefficient (Wildman–Crippen LogP) is 0.0310. The minimum absolute atomic E-state index is 0.160. The summed E-state index contributed by atoms with van der Waals surface area (Å²) in [5.41, 5.74) is 0.447. The summed E-state index contributed by atoms with van der Waals surface area (Å²) in [5.74, 6) is -1.30. The number of carboxylic acid groups (broad SMARTS) is 1. The van der Waals surface area contributed by atoms with Crippen LogP contribution in [0.3, 0.4) is 0 Å². The highest BCUT2D eigenvalue weighted by Gasteiger charge is 2.18. The lowest BCUT2D eigenvalue weighted by Gasteiger charge is -2.11. The third kappa shape index (κ3) is 3.74. The van der Waals surface area contributed by atoms with E-state index in [0.717, 1.165) is 0 Å². The molecule has 0 fully saturated rings. The normalized spacial score (nSPS) is 12.2. The minimum atomic E-state index is -1.33. The lowest BCUT2D eigenvalue weighted by Crippen LogP contribution is -2.45. The summed E-state index contributed by atoms with van der Waals surface area (Å²) in [7, 11) is 0. The van der Waals surface area contributed by atoms with Gasteiger partial charge in [0.2, 0.25) is 0 Å². The fourth-order valence-electron chi connectivity index (χ4n) is 1.20. The topological polar surface area (TPSA) is 116 Å². The predicted molar refractivity (Wildman–Crippen MR) is 63.3 cm³/mol. The molecule has 1 aromatic heterocycles. The van der Waals surface area contributed by atoms with Gasteiger partial charge in [-0.25, -0.2) is 9.59 Å². The third-order valence-corrected chi connectivity index (χ3v) is 2.17. The molecular formula is C10H16N4O4. The van der Waals surface area contributed by atoms with Crippen molar-refractivity contribution < 1.29 is 19.8 Å². The van der Waals surface area contributed by atoms with Gasteiger partial charge in [-0.05, 0) is 13.8 Å². The minimum Gasteiger partial charge on any atom is -0.480 e. The summed E-state index contributed by atoms with van der Waals surface area (Å²) in [6.07, 6.45) is 3.08. The van der Waals surface area contributed by atoms with Gasteiger partial charge in [0.1, 0.15) is 0 Å². The summed E-state index contributed by atoms with van der Waals surface area (Å²) in [6.45, 7) is 3.19. The fraction of sp³-hybridized carbons (Fsp3) is 0.500. The van der Waals surface area contributed by atoms with Crippen LogP contribution in [0.25, 0.3) is 0 Å². The maximum Gasteiger partial charge on any atom is 0.328 e. The van der Waals surface area contributed by atoms with Crippen LogP contribution in [0.5, 0.6) is 0 Å². The SMILES string of the molecule is CC(C)n1cc(NC(=O)N[C@H](CO)C(=O)O)cn1. The van der Waals surface area contributed by atoms with Crippen LogP contribution in [0.2, 0.25) is 0 Å². The molecule has 0 aliphatic carbocycles. The molecule has 0 spiro atoms. The Balaban J connectivity index is 2.56. The third-order valence-electron chi connectivity index (χ3n) is 2.17. The smallest absolute Gasteiger partial charge is 0.328 e. The number of carbonyl (C=O) groups is 2. The first-order valence-electron chi connectivity index (χ1n) is 5.39.